The Morgan fingerprint density at radius 1 is 1.60 bits per heavy atom. The van der Waals surface area contributed by atoms with Crippen LogP contribution >= 0.6 is 0 Å². The van der Waals surface area contributed by atoms with Crippen molar-refractivity contribution in [1.82, 2.24) is 0 Å². The van der Waals surface area contributed by atoms with E-state index >= 15 is 0 Å². The number of nitrogens with two attached hydrogens (primary N) is 2. The Labute approximate surface area is 39.9 Å². The summed E-state index contributed by atoms with van der Waals surface area (Å²) in [5.74, 6) is 0. The maximum atomic E-state index is 5.05. The van der Waals surface area contributed by atoms with Gasteiger partial charge in [0.1, 0.15) is 0 Å². The van der Waals surface area contributed by atoms with Crippen LogP contribution in [-0.4, -0.2) is 22.5 Å². The zero-order valence-electron chi connectivity index (χ0n) is 3.02. The van der Waals surface area contributed by atoms with E-state index in [1.165, 1.54) is 0 Å². The van der Waals surface area contributed by atoms with E-state index in [-0.39, 0.29) is 6.17 Å². The molecule has 0 rings (SSSR count). The molecule has 0 aromatic heterocycles. The Balaban J connectivity index is 2.54. The summed E-state index contributed by atoms with van der Waals surface area (Å²) < 4.78 is 0. The quantitative estimate of drug-likeness (QED) is 0.311. The number of rotatable bonds is 1. The molecule has 0 saturated heterocycles. The summed E-state index contributed by atoms with van der Waals surface area (Å²) in [5, 5.41) is 0.778. The zero-order chi connectivity index (χ0) is 4.28. The first kappa shape index (κ1) is 5.45. The van der Waals surface area contributed by atoms with E-state index in [0.717, 1.165) is 5.28 Å². The van der Waals surface area contributed by atoms with Crippen molar-refractivity contribution in [2.45, 2.75) is 11.4 Å². The molecule has 0 aromatic rings. The molecule has 0 aliphatic rings. The van der Waals surface area contributed by atoms with Crippen LogP contribution in [0.15, 0.2) is 0 Å². The van der Waals surface area contributed by atoms with Gasteiger partial charge in [-0.3, -0.25) is 0 Å². The van der Waals surface area contributed by atoms with E-state index in [1.54, 1.807) is 0 Å². The third-order valence-corrected chi connectivity index (χ3v) is 0.816. The Morgan fingerprint density at radius 2 is 1.80 bits per heavy atom. The van der Waals surface area contributed by atoms with E-state index in [0.29, 0.717) is 0 Å². The molecule has 0 radical (unpaired) electrons. The monoisotopic (exact) mass is 86.0 g/mol. The second-order valence-electron chi connectivity index (χ2n) is 0.900. The molecule has 0 aromatic carbocycles. The van der Waals surface area contributed by atoms with Gasteiger partial charge in [0.2, 0.25) is 0 Å². The molecule has 4 N–H and O–H groups in total. The Hall–Kier alpha value is 0.452. The van der Waals surface area contributed by atoms with Gasteiger partial charge in [0.25, 0.3) is 0 Å². The molecule has 0 saturated carbocycles. The van der Waals surface area contributed by atoms with Crippen LogP contribution in [-0.2, 0) is 0 Å². The van der Waals surface area contributed by atoms with Crippen LogP contribution in [0.5, 0.6) is 0 Å². The fourth-order valence-corrected chi connectivity index (χ4v) is 0. The third-order valence-electron chi connectivity index (χ3n) is 0.272. The molecule has 0 bridgehead atoms. The van der Waals surface area contributed by atoms with Crippen molar-refractivity contribution in [2.24, 2.45) is 11.5 Å². The van der Waals surface area contributed by atoms with Crippen LogP contribution in [0, 0.1) is 0 Å². The zero-order valence-corrected chi connectivity index (χ0v) is 4.17. The molecule has 2 nitrogen and oxygen atoms in total. The fourth-order valence-electron chi connectivity index (χ4n) is 0. The maximum absolute atomic E-state index is 5.05. The molecule has 0 atom stereocenters. The normalized spacial score (nSPS) is 9.80. The van der Waals surface area contributed by atoms with Gasteiger partial charge in [-0.05, 0) is 0 Å². The van der Waals surface area contributed by atoms with Gasteiger partial charge in [-0.15, -0.1) is 0 Å². The van der Waals surface area contributed by atoms with Gasteiger partial charge in [-0.2, -0.15) is 0 Å². The first-order chi connectivity index (χ1) is 2.27. The van der Waals surface area contributed by atoms with Gasteiger partial charge in [0.15, 0.2) is 0 Å². The van der Waals surface area contributed by atoms with E-state index in [1.807, 2.05) is 0 Å². The Bertz CT molecular complexity index is 21.6. The number of hydrogen-bond donors (Lipinski definition) is 2. The van der Waals surface area contributed by atoms with Crippen LogP contribution in [0.25, 0.3) is 0 Å². The van der Waals surface area contributed by atoms with Crippen LogP contribution in [0.2, 0.25) is 5.28 Å². The predicted octanol–water partition coefficient (Wildman–Crippen LogP) is -1.18. The van der Waals surface area contributed by atoms with Crippen LogP contribution < -0.4 is 11.5 Å². The van der Waals surface area contributed by atoms with Crippen molar-refractivity contribution in [3.63, 3.8) is 0 Å². The topological polar surface area (TPSA) is 52.0 Å². The summed E-state index contributed by atoms with van der Waals surface area (Å²) >= 11 is 2.44. The fraction of sp³-hybridized carbons (Fsp3) is 1.00. The molecule has 5 heavy (non-hydrogen) atoms. The molecular weight excluding hydrogens is 79.0 g/mol. The van der Waals surface area contributed by atoms with Crippen LogP contribution in [0.4, 0.5) is 0 Å². The van der Waals surface area contributed by atoms with Gasteiger partial charge in [0.05, 0.1) is 0 Å². The van der Waals surface area contributed by atoms with E-state index in [9.17, 15) is 0 Å². The van der Waals surface area contributed by atoms with Gasteiger partial charge in [-0.25, -0.2) is 0 Å². The van der Waals surface area contributed by atoms with Crippen LogP contribution in [0.3, 0.4) is 0 Å². The molecule has 0 spiro atoms. The summed E-state index contributed by atoms with van der Waals surface area (Å²) in [4.78, 5) is 0. The SMILES string of the molecule is NC(N)[CH2][Al+2]. The molecule has 0 aliphatic carbocycles. The van der Waals surface area contributed by atoms with Crippen molar-refractivity contribution < 1.29 is 0 Å². The Morgan fingerprint density at radius 3 is 1.80 bits per heavy atom. The summed E-state index contributed by atoms with van der Waals surface area (Å²) in [6.45, 7) is 0. The minimum absolute atomic E-state index is 0.153. The second-order valence-corrected chi connectivity index (χ2v) is 1.37. The summed E-state index contributed by atoms with van der Waals surface area (Å²) in [6, 6.07) is 0. The van der Waals surface area contributed by atoms with Crippen LogP contribution in [0.1, 0.15) is 0 Å². The standard InChI is InChI=1S/C2H7N2.Al/c1-2(3)4;/h2H,1,3-4H2;/q;+2. The predicted molar refractivity (Wildman–Crippen MR) is 22.7 cm³/mol. The Kier molecular flexibility index (Phi) is 2.92. The molecule has 26 valence electrons. The van der Waals surface area contributed by atoms with E-state index in [2.05, 4.69) is 16.3 Å². The van der Waals surface area contributed by atoms with Gasteiger partial charge in [-0.1, -0.05) is 0 Å². The summed E-state index contributed by atoms with van der Waals surface area (Å²) in [5.41, 5.74) is 10.1. The average molecular weight is 86.1 g/mol. The second kappa shape index (κ2) is 2.68. The molecule has 0 heterocycles. The van der Waals surface area contributed by atoms with Crippen molar-refractivity contribution >= 4 is 16.3 Å². The average Bonchev–Trinajstić information content (AvgIpc) is 1.38. The van der Waals surface area contributed by atoms with Crippen molar-refractivity contribution in [1.29, 1.82) is 0 Å². The molecule has 3 heteroatoms. The molecule has 0 unspecified atom stereocenters. The molecule has 0 amide bonds. The van der Waals surface area contributed by atoms with Crippen molar-refractivity contribution in [3.8, 4) is 0 Å². The number of hydrogen-bond acceptors (Lipinski definition) is 2. The molecular formula is C2H7AlN2+2. The van der Waals surface area contributed by atoms with E-state index in [4.69, 9.17) is 11.5 Å². The van der Waals surface area contributed by atoms with Gasteiger partial charge >= 0.3 is 39.2 Å². The van der Waals surface area contributed by atoms with Crippen molar-refractivity contribution in [3.05, 3.63) is 0 Å². The first-order valence-corrected chi connectivity index (χ1v) is 2.30. The first-order valence-electron chi connectivity index (χ1n) is 1.48. The molecule has 0 fully saturated rings. The van der Waals surface area contributed by atoms with Gasteiger partial charge < -0.3 is 0 Å². The third kappa shape index (κ3) is 4.45. The van der Waals surface area contributed by atoms with E-state index < -0.39 is 0 Å². The van der Waals surface area contributed by atoms with Crippen molar-refractivity contribution in [2.75, 3.05) is 0 Å². The summed E-state index contributed by atoms with van der Waals surface area (Å²) in [7, 11) is 0. The minimum atomic E-state index is -0.153. The van der Waals surface area contributed by atoms with Gasteiger partial charge in [0, 0.05) is 0 Å². The molecule has 0 aliphatic heterocycles. The summed E-state index contributed by atoms with van der Waals surface area (Å²) in [6.07, 6.45) is -0.153.